The van der Waals surface area contributed by atoms with Gasteiger partial charge in [-0.1, -0.05) is 23.2 Å². The molecule has 0 aromatic heterocycles. The molecule has 6 nitrogen and oxygen atoms in total. The molecule has 0 aliphatic rings. The largest absolute Gasteiger partial charge is 0.505 e. The number of aromatic hydroxyl groups is 1. The number of anilines is 1. The van der Waals surface area contributed by atoms with Crippen LogP contribution in [0.4, 0.5) is 5.69 Å². The third-order valence-corrected chi connectivity index (χ3v) is 4.50. The van der Waals surface area contributed by atoms with Crippen molar-refractivity contribution in [3.05, 3.63) is 22.2 Å². The predicted octanol–water partition coefficient (Wildman–Crippen LogP) is 2.00. The summed E-state index contributed by atoms with van der Waals surface area (Å²) in [6.45, 7) is 1.18. The molecule has 0 saturated carbocycles. The summed E-state index contributed by atoms with van der Waals surface area (Å²) in [5.41, 5.74) is 0.0311. The molecule has 1 aromatic carbocycles. The molecule has 0 bridgehead atoms. The van der Waals surface area contributed by atoms with Crippen LogP contribution in [0, 0.1) is 0 Å². The maximum atomic E-state index is 11.8. The van der Waals surface area contributed by atoms with Gasteiger partial charge in [0.2, 0.25) is 10.0 Å². The van der Waals surface area contributed by atoms with Crippen LogP contribution in [-0.2, 0) is 19.6 Å². The van der Waals surface area contributed by atoms with Crippen molar-refractivity contribution in [2.24, 2.45) is 0 Å². The number of carbonyl (C=O) groups is 1. The van der Waals surface area contributed by atoms with Gasteiger partial charge in [-0.3, -0.25) is 9.52 Å². The number of esters is 1. The standard InChI is InChI=1S/C10H11Cl2NO5S/c1-5(10(15)18-2)19(16,17)13-6-3-7(11)9(14)8(12)4-6/h3-5,13-14H,1-2H3. The average Bonchev–Trinajstić information content (AvgIpc) is 2.33. The number of sulfonamides is 1. The highest BCUT2D eigenvalue weighted by Gasteiger charge is 2.29. The average molecular weight is 328 g/mol. The van der Waals surface area contributed by atoms with Crippen molar-refractivity contribution in [1.29, 1.82) is 0 Å². The Balaban J connectivity index is 3.06. The minimum atomic E-state index is -3.99. The maximum absolute atomic E-state index is 11.8. The second kappa shape index (κ2) is 5.85. The minimum absolute atomic E-state index is 0.0311. The Morgan fingerprint density at radius 3 is 2.26 bits per heavy atom. The van der Waals surface area contributed by atoms with E-state index < -0.39 is 21.2 Å². The molecule has 1 rings (SSSR count). The number of hydrogen-bond acceptors (Lipinski definition) is 5. The highest BCUT2D eigenvalue weighted by atomic mass is 35.5. The first-order chi connectivity index (χ1) is 8.69. The van der Waals surface area contributed by atoms with Crippen LogP contribution in [0.5, 0.6) is 5.75 Å². The van der Waals surface area contributed by atoms with E-state index in [0.717, 1.165) is 7.11 Å². The van der Waals surface area contributed by atoms with Crippen molar-refractivity contribution < 1.29 is 23.1 Å². The van der Waals surface area contributed by atoms with Gasteiger partial charge in [0.05, 0.1) is 22.8 Å². The number of benzene rings is 1. The first kappa shape index (κ1) is 15.9. The van der Waals surface area contributed by atoms with Crippen LogP contribution in [0.3, 0.4) is 0 Å². The third kappa shape index (κ3) is 3.65. The number of carbonyl (C=O) groups excluding carboxylic acids is 1. The highest BCUT2D eigenvalue weighted by Crippen LogP contribution is 2.35. The third-order valence-electron chi connectivity index (χ3n) is 2.28. The van der Waals surface area contributed by atoms with E-state index in [0.29, 0.717) is 0 Å². The number of phenols is 1. The second-order valence-electron chi connectivity index (χ2n) is 3.60. The zero-order valence-corrected chi connectivity index (χ0v) is 12.3. The number of rotatable bonds is 4. The van der Waals surface area contributed by atoms with Gasteiger partial charge in [-0.15, -0.1) is 0 Å². The Kier molecular flexibility index (Phi) is 4.89. The smallest absolute Gasteiger partial charge is 0.325 e. The minimum Gasteiger partial charge on any atom is -0.505 e. The molecule has 0 spiro atoms. The number of halogens is 2. The van der Waals surface area contributed by atoms with Crippen molar-refractivity contribution in [2.75, 3.05) is 11.8 Å². The molecular weight excluding hydrogens is 317 g/mol. The Morgan fingerprint density at radius 1 is 1.37 bits per heavy atom. The van der Waals surface area contributed by atoms with Gasteiger partial charge in [0, 0.05) is 0 Å². The van der Waals surface area contributed by atoms with Gasteiger partial charge in [-0.05, 0) is 19.1 Å². The molecular formula is C10H11Cl2NO5S. The van der Waals surface area contributed by atoms with Crippen molar-refractivity contribution in [1.82, 2.24) is 0 Å². The van der Waals surface area contributed by atoms with Crippen molar-refractivity contribution in [3.63, 3.8) is 0 Å². The Labute approximate surface area is 120 Å². The Morgan fingerprint density at radius 2 is 1.84 bits per heavy atom. The maximum Gasteiger partial charge on any atom is 0.325 e. The zero-order chi connectivity index (χ0) is 14.8. The summed E-state index contributed by atoms with van der Waals surface area (Å²) in [6, 6.07) is 2.34. The molecule has 0 aliphatic carbocycles. The fourth-order valence-electron chi connectivity index (χ4n) is 1.17. The molecule has 19 heavy (non-hydrogen) atoms. The van der Waals surface area contributed by atoms with Crippen LogP contribution in [0.25, 0.3) is 0 Å². The van der Waals surface area contributed by atoms with E-state index in [1.807, 2.05) is 0 Å². The van der Waals surface area contributed by atoms with Crippen molar-refractivity contribution in [2.45, 2.75) is 12.2 Å². The normalized spacial score (nSPS) is 12.8. The molecule has 0 saturated heterocycles. The van der Waals surface area contributed by atoms with Gasteiger partial charge >= 0.3 is 5.97 Å². The SMILES string of the molecule is COC(=O)C(C)S(=O)(=O)Nc1cc(Cl)c(O)c(Cl)c1. The van der Waals surface area contributed by atoms with E-state index in [4.69, 9.17) is 23.2 Å². The van der Waals surface area contributed by atoms with Crippen molar-refractivity contribution in [3.8, 4) is 5.75 Å². The molecule has 106 valence electrons. The fourth-order valence-corrected chi connectivity index (χ4v) is 2.63. The highest BCUT2D eigenvalue weighted by molar-refractivity contribution is 7.94. The fraction of sp³-hybridized carbons (Fsp3) is 0.300. The summed E-state index contributed by atoms with van der Waals surface area (Å²) in [4.78, 5) is 11.2. The molecule has 0 radical (unpaired) electrons. The second-order valence-corrected chi connectivity index (χ2v) is 6.42. The quantitative estimate of drug-likeness (QED) is 0.651. The van der Waals surface area contributed by atoms with E-state index in [-0.39, 0.29) is 21.5 Å². The molecule has 1 atom stereocenters. The summed E-state index contributed by atoms with van der Waals surface area (Å²) in [7, 11) is -2.91. The molecule has 1 aromatic rings. The summed E-state index contributed by atoms with van der Waals surface area (Å²) < 4.78 is 30.2. The Bertz CT molecular complexity index is 579. The summed E-state index contributed by atoms with van der Waals surface area (Å²) in [5, 5.41) is 7.72. The monoisotopic (exact) mass is 327 g/mol. The molecule has 0 amide bonds. The molecule has 1 unspecified atom stereocenters. The van der Waals surface area contributed by atoms with Crippen LogP contribution in [0.2, 0.25) is 10.0 Å². The number of methoxy groups -OCH3 is 1. The summed E-state index contributed by atoms with van der Waals surface area (Å²) in [6.07, 6.45) is 0. The van der Waals surface area contributed by atoms with E-state index in [9.17, 15) is 18.3 Å². The van der Waals surface area contributed by atoms with Gasteiger partial charge in [0.15, 0.2) is 11.0 Å². The number of nitrogens with one attached hydrogen (secondary N) is 1. The van der Waals surface area contributed by atoms with Crippen LogP contribution >= 0.6 is 23.2 Å². The van der Waals surface area contributed by atoms with Gasteiger partial charge in [-0.25, -0.2) is 8.42 Å². The molecule has 2 N–H and O–H groups in total. The number of ether oxygens (including phenoxy) is 1. The van der Waals surface area contributed by atoms with Crippen LogP contribution in [0.15, 0.2) is 12.1 Å². The number of phenolic OH excluding ortho intramolecular Hbond substituents is 1. The van der Waals surface area contributed by atoms with Crippen LogP contribution in [0.1, 0.15) is 6.92 Å². The van der Waals surface area contributed by atoms with Crippen molar-refractivity contribution >= 4 is 44.9 Å². The first-order valence-electron chi connectivity index (χ1n) is 4.96. The van der Waals surface area contributed by atoms with Gasteiger partial charge in [0.25, 0.3) is 0 Å². The summed E-state index contributed by atoms with van der Waals surface area (Å²) >= 11 is 11.3. The lowest BCUT2D eigenvalue weighted by Gasteiger charge is -2.13. The van der Waals surface area contributed by atoms with E-state index in [1.54, 1.807) is 0 Å². The van der Waals surface area contributed by atoms with Crippen LogP contribution < -0.4 is 4.72 Å². The van der Waals surface area contributed by atoms with E-state index >= 15 is 0 Å². The first-order valence-corrected chi connectivity index (χ1v) is 7.26. The van der Waals surface area contributed by atoms with E-state index in [2.05, 4.69) is 9.46 Å². The van der Waals surface area contributed by atoms with Gasteiger partial charge < -0.3 is 9.84 Å². The van der Waals surface area contributed by atoms with Gasteiger partial charge in [-0.2, -0.15) is 0 Å². The lowest BCUT2D eigenvalue weighted by atomic mass is 10.3. The zero-order valence-electron chi connectivity index (χ0n) is 9.98. The van der Waals surface area contributed by atoms with Crippen LogP contribution in [-0.4, -0.2) is 31.9 Å². The molecule has 0 aliphatic heterocycles. The lowest BCUT2D eigenvalue weighted by molar-refractivity contribution is -0.139. The molecule has 9 heteroatoms. The van der Waals surface area contributed by atoms with Gasteiger partial charge in [0.1, 0.15) is 0 Å². The molecule has 0 heterocycles. The van der Waals surface area contributed by atoms with E-state index in [1.165, 1.54) is 19.1 Å². The predicted molar refractivity (Wildman–Crippen MR) is 72.1 cm³/mol. The Hall–Kier alpha value is -1.18. The topological polar surface area (TPSA) is 92.7 Å². The number of hydrogen-bond donors (Lipinski definition) is 2. The summed E-state index contributed by atoms with van der Waals surface area (Å²) in [5.74, 6) is -1.25. The molecule has 0 fully saturated rings. The lowest BCUT2D eigenvalue weighted by Crippen LogP contribution is -2.33.